The SMILES string of the molecule is NC(=O)C(N=C(N)N)NC(=O)C(N=C(N)N)NC(=O)C(N=C(N)N)NC(=O)C(N=C(N)N)NC(=O)C(NC(=O)C(CO)N(Cc1c(O)ccc2ccccc12)c1c(C(=O)O)cc([N+](=O)[O-])cc1[N+](=O)[O-])c1ccccc1. The number of hydrogen-bond acceptors (Lipinski definition) is 18. The van der Waals surface area contributed by atoms with Crippen LogP contribution in [0.4, 0.5) is 17.1 Å². The number of aromatic hydroxyl groups is 1. The molecule has 0 spiro atoms. The Hall–Kier alpha value is -11.1. The molecule has 0 heterocycles. The van der Waals surface area contributed by atoms with Gasteiger partial charge in [-0.05, 0) is 22.4 Å². The monoisotopic (exact) mass is 1060 g/mol. The summed E-state index contributed by atoms with van der Waals surface area (Å²) in [7, 11) is 0. The van der Waals surface area contributed by atoms with Crippen LogP contribution in [0.2, 0.25) is 0 Å². The van der Waals surface area contributed by atoms with Crippen LogP contribution in [0.15, 0.2) is 98.8 Å². The van der Waals surface area contributed by atoms with Crippen molar-refractivity contribution in [2.45, 2.75) is 43.3 Å². The lowest BCUT2D eigenvalue weighted by molar-refractivity contribution is -0.393. The minimum atomic E-state index is -2.29. The van der Waals surface area contributed by atoms with E-state index in [4.69, 9.17) is 51.6 Å². The van der Waals surface area contributed by atoms with Crippen molar-refractivity contribution >= 4 is 93.1 Å². The Morgan fingerprint density at radius 1 is 0.592 bits per heavy atom. The van der Waals surface area contributed by atoms with Gasteiger partial charge >= 0.3 is 5.97 Å². The molecule has 6 atom stereocenters. The standard InChI is InChI=1S/C41H49N21O14/c42-27(65)28(56-38(43)44)52-34(68)30(58-40(47)48)54-36(70)31(59-41(49)50)55-35(69)29(57-39(45)46)53-33(67)25(17-7-2-1-3-8-17)51-32(66)23(15-63)60(14-21-19-9-5-4-6-16(19)10-11-24(21)64)26-20(37(71)72)12-18(61(73)74)13-22(26)62(75)76/h1-13,23,25,28-31,63-64H,14-15H2,(H2,42,65)(H,51,66)(H,52,68)(H,53,67)(H,54,70)(H,55,69)(H,71,72)(H4,43,44,56)(H4,45,46,57)(H4,47,48,58)(H4,49,50,59). The van der Waals surface area contributed by atoms with Crippen molar-refractivity contribution < 1.29 is 58.7 Å². The highest BCUT2D eigenvalue weighted by Crippen LogP contribution is 2.40. The predicted octanol–water partition coefficient (Wildman–Crippen LogP) is -6.37. The fourth-order valence-electron chi connectivity index (χ4n) is 6.92. The summed E-state index contributed by atoms with van der Waals surface area (Å²) in [5, 5.41) is 68.3. The summed E-state index contributed by atoms with van der Waals surface area (Å²) in [6.45, 7) is -2.16. The smallest absolute Gasteiger partial charge is 0.338 e. The molecule has 0 aliphatic rings. The van der Waals surface area contributed by atoms with Gasteiger partial charge in [-0.3, -0.25) is 49.0 Å². The van der Waals surface area contributed by atoms with E-state index in [1.807, 2.05) is 16.0 Å². The normalized spacial score (nSPS) is 13.0. The number of benzene rings is 4. The van der Waals surface area contributed by atoms with Crippen molar-refractivity contribution in [2.24, 2.45) is 71.6 Å². The second kappa shape index (κ2) is 25.3. The van der Waals surface area contributed by atoms with E-state index in [9.17, 15) is 69.1 Å². The van der Waals surface area contributed by atoms with Crippen molar-refractivity contribution in [3.05, 3.63) is 116 Å². The van der Waals surface area contributed by atoms with Crippen LogP contribution in [0.25, 0.3) is 10.8 Å². The number of rotatable bonds is 24. The Morgan fingerprint density at radius 2 is 1.07 bits per heavy atom. The van der Waals surface area contributed by atoms with Crippen LogP contribution in [-0.4, -0.2) is 128 Å². The summed E-state index contributed by atoms with van der Waals surface area (Å²) >= 11 is 0. The van der Waals surface area contributed by atoms with Crippen LogP contribution in [0.5, 0.6) is 5.75 Å². The highest BCUT2D eigenvalue weighted by molar-refractivity contribution is 6.02. The fraction of sp³-hybridized carbons (Fsp3) is 0.195. The number of aliphatic hydroxyl groups excluding tert-OH is 1. The van der Waals surface area contributed by atoms with Gasteiger partial charge in [-0.2, -0.15) is 0 Å². The van der Waals surface area contributed by atoms with E-state index < -0.39 is 153 Å². The summed E-state index contributed by atoms with van der Waals surface area (Å²) in [5.74, 6) is -14.2. The number of aliphatic hydroxyl groups is 1. The molecular weight excluding hydrogens is 1010 g/mol. The van der Waals surface area contributed by atoms with Gasteiger partial charge in [-0.25, -0.2) is 24.8 Å². The van der Waals surface area contributed by atoms with E-state index in [1.165, 1.54) is 48.5 Å². The highest BCUT2D eigenvalue weighted by atomic mass is 16.6. The van der Waals surface area contributed by atoms with E-state index in [-0.39, 0.29) is 16.5 Å². The quantitative estimate of drug-likeness (QED) is 0.0134. The number of amides is 6. The number of nitrogens with one attached hydrogen (secondary N) is 5. The number of phenolic OH excluding ortho intramolecular Hbond substituents is 1. The number of non-ortho nitro benzene ring substituents is 1. The number of nitro benzene ring substituents is 2. The number of anilines is 1. The number of guanidine groups is 4. The van der Waals surface area contributed by atoms with E-state index in [1.54, 1.807) is 18.2 Å². The van der Waals surface area contributed by atoms with Gasteiger partial charge in [0.15, 0.2) is 23.8 Å². The summed E-state index contributed by atoms with van der Waals surface area (Å²) in [6, 6.07) is 12.6. The van der Waals surface area contributed by atoms with Gasteiger partial charge in [0, 0.05) is 18.2 Å². The van der Waals surface area contributed by atoms with Gasteiger partial charge in [0.05, 0.1) is 28.1 Å². The Balaban J connectivity index is 1.80. The first-order valence-electron chi connectivity index (χ1n) is 21.2. The van der Waals surface area contributed by atoms with Crippen LogP contribution in [-0.2, 0) is 35.3 Å². The molecule has 4 rings (SSSR count). The Morgan fingerprint density at radius 3 is 1.53 bits per heavy atom. The number of nitrogens with zero attached hydrogens (tertiary/aromatic N) is 7. The third-order valence-electron chi connectivity index (χ3n) is 10.1. The predicted molar refractivity (Wildman–Crippen MR) is 267 cm³/mol. The van der Waals surface area contributed by atoms with Crippen molar-refractivity contribution in [3.8, 4) is 5.75 Å². The topological polar surface area (TPSA) is 613 Å². The first-order valence-corrected chi connectivity index (χ1v) is 21.2. The molecule has 4 aromatic rings. The van der Waals surface area contributed by atoms with Crippen LogP contribution >= 0.6 is 0 Å². The summed E-state index contributed by atoms with van der Waals surface area (Å²) in [5.41, 5.74) is 44.3. The molecule has 0 bridgehead atoms. The lowest BCUT2D eigenvalue weighted by Gasteiger charge is -2.34. The van der Waals surface area contributed by atoms with Crippen molar-refractivity contribution in [3.63, 3.8) is 0 Å². The average Bonchev–Trinajstić information content (AvgIpc) is 3.34. The van der Waals surface area contributed by atoms with Crippen molar-refractivity contribution in [1.82, 2.24) is 26.6 Å². The van der Waals surface area contributed by atoms with Crippen LogP contribution in [0.3, 0.4) is 0 Å². The fourth-order valence-corrected chi connectivity index (χ4v) is 6.92. The van der Waals surface area contributed by atoms with Gasteiger partial charge in [0.25, 0.3) is 35.0 Å². The molecule has 0 aliphatic heterocycles. The number of aromatic carboxylic acids is 1. The van der Waals surface area contributed by atoms with E-state index in [2.05, 4.69) is 30.6 Å². The van der Waals surface area contributed by atoms with E-state index in [0.29, 0.717) is 22.4 Å². The minimum Gasteiger partial charge on any atom is -0.508 e. The van der Waals surface area contributed by atoms with Gasteiger partial charge in [0.2, 0.25) is 36.5 Å². The van der Waals surface area contributed by atoms with Crippen LogP contribution in [0, 0.1) is 20.2 Å². The number of carboxylic acid groups (broad SMARTS) is 1. The third kappa shape index (κ3) is 15.0. The van der Waals surface area contributed by atoms with Crippen molar-refractivity contribution in [1.29, 1.82) is 0 Å². The molecule has 0 radical (unpaired) electrons. The number of fused-ring (bicyclic) bond motifs is 1. The molecule has 6 unspecified atom stereocenters. The number of phenols is 1. The molecule has 0 saturated carbocycles. The molecule has 0 aliphatic carbocycles. The molecule has 0 fully saturated rings. The lowest BCUT2D eigenvalue weighted by atomic mass is 10.00. The maximum atomic E-state index is 14.7. The molecule has 402 valence electrons. The summed E-state index contributed by atoms with van der Waals surface area (Å²) in [6.07, 6.45) is -8.66. The minimum absolute atomic E-state index is 0.0834. The molecule has 35 heteroatoms. The maximum absolute atomic E-state index is 14.7. The largest absolute Gasteiger partial charge is 0.508 e. The number of nitro groups is 2. The molecule has 0 aromatic heterocycles. The number of carbonyl (C=O) groups is 7. The number of aliphatic imine (C=N–C) groups is 4. The lowest BCUT2D eigenvalue weighted by Crippen LogP contribution is -2.58. The molecule has 4 aromatic carbocycles. The maximum Gasteiger partial charge on any atom is 0.338 e. The van der Waals surface area contributed by atoms with Gasteiger partial charge < -0.3 is 98.4 Å². The number of carbonyl (C=O) groups excluding carboxylic acids is 6. The van der Waals surface area contributed by atoms with Gasteiger partial charge in [-0.15, -0.1) is 0 Å². The zero-order chi connectivity index (χ0) is 56.7. The first-order chi connectivity index (χ1) is 35.7. The molecular formula is C41H49N21O14. The van der Waals surface area contributed by atoms with E-state index >= 15 is 0 Å². The zero-order valence-corrected chi connectivity index (χ0v) is 39.0. The van der Waals surface area contributed by atoms with Crippen LogP contribution in [0.1, 0.15) is 27.5 Å². The Kier molecular flexibility index (Phi) is 19.1. The van der Waals surface area contributed by atoms with Gasteiger partial charge in [0.1, 0.15) is 23.5 Å². The molecule has 0 saturated heterocycles. The zero-order valence-electron chi connectivity index (χ0n) is 39.0. The van der Waals surface area contributed by atoms with Gasteiger partial charge in [-0.1, -0.05) is 60.7 Å². The summed E-state index contributed by atoms with van der Waals surface area (Å²) in [4.78, 5) is 132. The number of primary amides is 1. The van der Waals surface area contributed by atoms with Crippen LogP contribution < -0.4 is 83.1 Å². The molecule has 35 nitrogen and oxygen atoms in total. The average molecular weight is 1060 g/mol. The molecule has 76 heavy (non-hydrogen) atoms. The first kappa shape index (κ1) is 57.4. The Labute approximate surface area is 425 Å². The number of carboxylic acids is 1. The number of hydrogen-bond donors (Lipinski definition) is 17. The van der Waals surface area contributed by atoms with E-state index in [0.717, 1.165) is 0 Å². The molecule has 26 N–H and O–H groups in total. The second-order valence-corrected chi connectivity index (χ2v) is 15.4. The highest BCUT2D eigenvalue weighted by Gasteiger charge is 2.40. The summed E-state index contributed by atoms with van der Waals surface area (Å²) < 4.78 is 0. The second-order valence-electron chi connectivity index (χ2n) is 15.4. The van der Waals surface area contributed by atoms with Crippen molar-refractivity contribution in [2.75, 3.05) is 11.5 Å². The Bertz CT molecular complexity index is 3010. The third-order valence-corrected chi connectivity index (χ3v) is 10.1. The molecule has 6 amide bonds. The number of nitrogens with two attached hydrogens (primary N) is 9.